The van der Waals surface area contributed by atoms with Gasteiger partial charge < -0.3 is 90.6 Å². The second-order valence-electron chi connectivity index (χ2n) is 34.7. The molecular weight excluding hydrogens is 1720 g/mol. The fourth-order valence-corrected chi connectivity index (χ4v) is 16.1. The van der Waals surface area contributed by atoms with E-state index in [0.29, 0.717) is 139 Å². The number of hydrogen-bond donors (Lipinski definition) is 11. The summed E-state index contributed by atoms with van der Waals surface area (Å²) in [5.74, 6) is 2.67. The van der Waals surface area contributed by atoms with Gasteiger partial charge in [-0.05, 0) is 274 Å². The van der Waals surface area contributed by atoms with Crippen LogP contribution < -0.4 is 92.0 Å². The number of fused-ring (bicyclic) bond motifs is 6. The largest absolute Gasteiger partial charge is 1.00 e. The molecule has 0 spiro atoms. The van der Waals surface area contributed by atoms with E-state index in [1.807, 2.05) is 115 Å². The molecule has 6 heterocycles. The number of nitrogens with one attached hydrogen (secondary N) is 3. The third-order valence-electron chi connectivity index (χ3n) is 25.5. The van der Waals surface area contributed by atoms with Crippen LogP contribution in [0.1, 0.15) is 220 Å². The van der Waals surface area contributed by atoms with E-state index in [-0.39, 0.29) is 98.9 Å². The molecule has 30 heteroatoms. The number of aryl methyl sites for hydroxylation is 1. The van der Waals surface area contributed by atoms with Crippen LogP contribution in [-0.4, -0.2) is 201 Å². The number of aliphatic hydroxyl groups excluding tert-OH is 2. The summed E-state index contributed by atoms with van der Waals surface area (Å²) in [6.45, 7) is 50.8. The van der Waals surface area contributed by atoms with Gasteiger partial charge in [0.1, 0.15) is 52.6 Å². The van der Waals surface area contributed by atoms with Gasteiger partial charge in [-0.15, -0.1) is 24.3 Å². The number of phenolic OH excluding ortho intramolecular Hbond substituents is 4. The van der Waals surface area contributed by atoms with Gasteiger partial charge in [-0.2, -0.15) is 22.8 Å². The number of carbonyl (C=O) groups excluding carboxylic acids is 3. The van der Waals surface area contributed by atoms with Crippen molar-refractivity contribution in [3.05, 3.63) is 148 Å². The molecule has 0 radical (unpaired) electrons. The number of carboxylic acids is 1. The van der Waals surface area contributed by atoms with E-state index >= 15 is 0 Å². The van der Waals surface area contributed by atoms with Crippen molar-refractivity contribution in [3.63, 3.8) is 0 Å². The van der Waals surface area contributed by atoms with Gasteiger partial charge in [0.05, 0.1) is 45.1 Å². The van der Waals surface area contributed by atoms with E-state index in [1.165, 1.54) is 33.8 Å². The normalized spacial score (nSPS) is 18.9. The second-order valence-corrected chi connectivity index (χ2v) is 35.9. The van der Waals surface area contributed by atoms with Crippen molar-refractivity contribution in [2.24, 2.45) is 10.7 Å². The molecule has 12 N–H and O–H groups in total. The quantitative estimate of drug-likeness (QED) is 0.00881. The van der Waals surface area contributed by atoms with Gasteiger partial charge in [0.15, 0.2) is 29.1 Å². The maximum absolute atomic E-state index is 13.0. The van der Waals surface area contributed by atoms with E-state index in [2.05, 4.69) is 114 Å². The monoisotopic (exact) mass is 1860 g/mol. The first kappa shape index (κ1) is 109. The van der Waals surface area contributed by atoms with E-state index in [0.717, 1.165) is 144 Å². The fraction of sp³-hybridized carbons (Fsp3) is 0.562. The zero-order chi connectivity index (χ0) is 93.8. The minimum atomic E-state index is -3.11. The fourth-order valence-electron chi connectivity index (χ4n) is 15.8. The first-order valence-corrected chi connectivity index (χ1v) is 45.1. The molecule has 6 aromatic carbocycles. The molecule has 126 heavy (non-hydrogen) atoms. The Morgan fingerprint density at radius 3 is 1.21 bits per heavy atom. The van der Waals surface area contributed by atoms with Crippen molar-refractivity contribution in [1.29, 1.82) is 0 Å². The van der Waals surface area contributed by atoms with Crippen LogP contribution in [0.5, 0.6) is 46.0 Å². The first-order chi connectivity index (χ1) is 58.6. The van der Waals surface area contributed by atoms with Crippen molar-refractivity contribution in [1.82, 2.24) is 16.0 Å². The number of carboxylic acid groups (broad SMARTS) is 1. The Morgan fingerprint density at radius 1 is 0.492 bits per heavy atom. The number of nitrogens with zero attached hydrogens (tertiary/aromatic N) is 2. The van der Waals surface area contributed by atoms with Crippen LogP contribution in [-0.2, 0) is 80.5 Å². The van der Waals surface area contributed by atoms with Crippen molar-refractivity contribution in [3.8, 4) is 46.0 Å². The van der Waals surface area contributed by atoms with Crippen LogP contribution in [0.2, 0.25) is 0 Å². The number of phenols is 4. The summed E-state index contributed by atoms with van der Waals surface area (Å²) >= 11 is 3.29. The molecule has 4 unspecified atom stereocenters. The van der Waals surface area contributed by atoms with Crippen LogP contribution in [0.25, 0.3) is 0 Å². The number of rotatable bonds is 24. The predicted octanol–water partition coefficient (Wildman–Crippen LogP) is 10.9. The number of carbonyl (C=O) groups is 4. The summed E-state index contributed by atoms with van der Waals surface area (Å²) in [7, 11) is -3.11. The van der Waals surface area contributed by atoms with Gasteiger partial charge in [-0.1, -0.05) is 41.4 Å². The molecule has 4 atom stereocenters. The van der Waals surface area contributed by atoms with Gasteiger partial charge in [0.2, 0.25) is 11.3 Å². The molecule has 12 rings (SSSR count). The van der Waals surface area contributed by atoms with Crippen LogP contribution in [0.4, 0.5) is 11.4 Å². The Morgan fingerprint density at radius 2 is 0.857 bits per heavy atom. The van der Waals surface area contributed by atoms with Crippen molar-refractivity contribution >= 4 is 73.0 Å². The smallest absolute Gasteiger partial charge is 0.507 e. The number of amides is 3. The van der Waals surface area contributed by atoms with Gasteiger partial charge in [-0.25, -0.2) is 4.79 Å². The number of nitrogens with two attached hydrogens (primary N) is 1. The molecule has 6 aliphatic rings. The van der Waals surface area contributed by atoms with Gasteiger partial charge in [0.25, 0.3) is 17.7 Å². The number of hydrogen-bond acceptors (Lipinski definition) is 22. The van der Waals surface area contributed by atoms with Gasteiger partial charge in [-0.3, -0.25) is 19.4 Å². The topological polar surface area (TPSA) is 403 Å². The van der Waals surface area contributed by atoms with Crippen molar-refractivity contribution in [2.45, 2.75) is 263 Å². The Bertz CT molecular complexity index is 4950. The van der Waals surface area contributed by atoms with Crippen LogP contribution in [0, 0.1) is 96.1 Å². The molecule has 0 fully saturated rings. The SMILES string of the molecule is CC1=Nc2cc[c-]cc2C1(C)C.CC1=[N+](CCOCCNC(=O)C2(C)CCc3c(C)c(O)c(C)c(C)c3O2)c2ccc(C)cc2C1(C)C.Cc1c(C)c2c(c(C)c1O)CCC(C)(C(=O)NCCOCCBr)O2.Cc1c(C)c2c(c(C)c1O)CCC(C)(C(=O)NCCOCCO)O2.Cc1c(C)c2c(c(C)c1O)CCC(C)(C(=O)O)O2.NCCCCCO.O=S(=O)=O.[K+]. The standard InChI is InChI=1S/C30H40N2O4.C18H26BrNO4.C18H27NO5.C14H18O4.C11H12N.C5H13NO.K.O3S/c1-18-9-10-25-24(17-18)29(6,7)22(5)32(25)14-16-35-15-13-31-28(34)30(8)12-11-23-21(4)26(33)19(2)20(3)27(23)36-30;1-11-12(2)16-14(13(3)15(11)21)5-6-18(4,24-16)17(22)20-8-10-23-9-7-19;1-11-12(2)16-14(13(3)15(11)21)5-6-18(4,24-16)17(22)19-7-9-23-10-8-20;1-7-8(2)12-10(9(3)11(7)15)5-6-14(4,18-12)13(16)17;1-8-11(2,3)9-6-4-5-7-10(9)12-8;6-4-2-1-3-5-7;;1-4(2)3/h9-10,17H,11-16H2,1-8H3,(H-,31,33,34);21H,5-10H2,1-4H3,(H,20,22);20-21H,5-10H2,1-4H3,(H,19,22);15H,5-6H2,1-4H3,(H,16,17);5-7H,1-3H3;7H,1-6H2;;/q;;;;-1;;+1;/p+1. The van der Waals surface area contributed by atoms with E-state index < -0.39 is 39.0 Å². The molecule has 3 amide bonds. The van der Waals surface area contributed by atoms with Gasteiger partial charge in [0, 0.05) is 104 Å². The number of halogens is 1. The Kier molecular flexibility index (Phi) is 41.4. The Hall–Kier alpha value is -7.56. The summed E-state index contributed by atoms with van der Waals surface area (Å²) < 4.78 is 68.3. The Balaban J connectivity index is 0.000000279. The predicted molar refractivity (Wildman–Crippen MR) is 489 cm³/mol. The Labute approximate surface area is 797 Å². The number of benzene rings is 6. The van der Waals surface area contributed by atoms with Crippen molar-refractivity contribution < 1.29 is 157 Å². The first-order valence-electron chi connectivity index (χ1n) is 42.9. The average Bonchev–Trinajstić information content (AvgIpc) is 1.67. The molecule has 0 saturated heterocycles. The summed E-state index contributed by atoms with van der Waals surface area (Å²) in [6.07, 6.45) is 7.80. The average molecular weight is 1860 g/mol. The summed E-state index contributed by atoms with van der Waals surface area (Å²) in [5, 5.41) is 76.4. The number of aromatic hydroxyl groups is 4. The zero-order valence-electron chi connectivity index (χ0n) is 78.7. The van der Waals surface area contributed by atoms with Crippen LogP contribution in [0.15, 0.2) is 41.4 Å². The summed E-state index contributed by atoms with van der Waals surface area (Å²) in [5.41, 5.74) is 24.0. The third-order valence-corrected chi connectivity index (χ3v) is 25.8. The number of aliphatic hydroxyl groups is 2. The molecular formula is C96H137BrKN6O21S+. The summed E-state index contributed by atoms with van der Waals surface area (Å²) in [4.78, 5) is 53.9. The molecule has 6 aliphatic heterocycles. The molecule has 0 bridgehead atoms. The van der Waals surface area contributed by atoms with E-state index in [9.17, 15) is 44.7 Å². The zero-order valence-corrected chi connectivity index (χ0v) is 84.3. The number of alkyl halides is 1. The molecule has 6 aromatic rings. The number of aliphatic carboxylic acids is 1. The van der Waals surface area contributed by atoms with Crippen molar-refractivity contribution in [2.75, 3.05) is 90.9 Å². The molecule has 0 aromatic heterocycles. The maximum atomic E-state index is 13.0. The number of aliphatic imine (C=N–C) groups is 1. The number of ether oxygens (including phenoxy) is 7. The second kappa shape index (κ2) is 47.8. The number of unbranched alkanes of at least 4 members (excludes halogenated alkanes) is 2. The molecule has 27 nitrogen and oxygen atoms in total. The molecule has 0 aliphatic carbocycles. The van der Waals surface area contributed by atoms with Crippen LogP contribution in [0.3, 0.4) is 0 Å². The third kappa shape index (κ3) is 26.2. The van der Waals surface area contributed by atoms with E-state index in [4.69, 9.17) is 61.7 Å². The van der Waals surface area contributed by atoms with Crippen LogP contribution >= 0.6 is 15.9 Å². The summed E-state index contributed by atoms with van der Waals surface area (Å²) in [6, 6.07) is 15.7. The molecule has 690 valence electrons. The minimum absolute atomic E-state index is 0. The maximum Gasteiger partial charge on any atom is 1.00 e. The van der Waals surface area contributed by atoms with Gasteiger partial charge >= 0.3 is 68.0 Å². The molecule has 0 saturated carbocycles. The minimum Gasteiger partial charge on any atom is -0.507 e. The van der Waals surface area contributed by atoms with E-state index in [1.54, 1.807) is 13.8 Å².